The summed E-state index contributed by atoms with van der Waals surface area (Å²) in [5.74, 6) is -1.57. The molecule has 5 nitrogen and oxygen atoms in total. The monoisotopic (exact) mass is 339 g/mol. The molecular weight excluding hydrogens is 318 g/mol. The first-order valence-electron chi connectivity index (χ1n) is 8.36. The number of hydrogen-bond donors (Lipinski definition) is 2. The van der Waals surface area contributed by atoms with E-state index in [2.05, 4.69) is 11.4 Å². The molecule has 1 amide bonds. The molecule has 0 aliphatic carbocycles. The van der Waals surface area contributed by atoms with Crippen LogP contribution in [0.4, 0.5) is 5.69 Å². The second-order valence-electron chi connectivity index (χ2n) is 6.24. The number of carboxylic acid groups (broad SMARTS) is 1. The molecule has 2 atom stereocenters. The number of hydrogen-bond acceptors (Lipinski definition) is 3. The molecular formula is C20H21NO4. The molecule has 0 saturated carbocycles. The lowest BCUT2D eigenvalue weighted by molar-refractivity contribution is -0.138. The molecule has 5 heteroatoms. The second-order valence-corrected chi connectivity index (χ2v) is 6.24. The first-order chi connectivity index (χ1) is 12.0. The van der Waals surface area contributed by atoms with Crippen molar-refractivity contribution in [3.8, 4) is 0 Å². The van der Waals surface area contributed by atoms with Gasteiger partial charge in [-0.05, 0) is 42.2 Å². The van der Waals surface area contributed by atoms with Gasteiger partial charge in [0.1, 0.15) is 0 Å². The lowest BCUT2D eigenvalue weighted by atomic mass is 9.95. The van der Waals surface area contributed by atoms with E-state index in [4.69, 9.17) is 9.84 Å². The number of carbonyl (C=O) groups is 2. The number of rotatable bonds is 5. The van der Waals surface area contributed by atoms with Crippen LogP contribution < -0.4 is 5.32 Å². The summed E-state index contributed by atoms with van der Waals surface area (Å²) >= 11 is 0. The van der Waals surface area contributed by atoms with Gasteiger partial charge < -0.3 is 15.2 Å². The standard InChI is InChI=1S/C20H21NO4/c1-13(20(23)24)14-6-8-16(9-7-14)21-19(22)12-18-17-5-3-2-4-15(17)10-11-25-18/h2-9,13,18H,10-12H2,1H3,(H,21,22)(H,23,24). The highest BCUT2D eigenvalue weighted by molar-refractivity contribution is 5.91. The molecule has 2 unspecified atom stereocenters. The average Bonchev–Trinajstić information content (AvgIpc) is 2.62. The van der Waals surface area contributed by atoms with E-state index in [1.54, 1.807) is 31.2 Å². The Balaban J connectivity index is 1.63. The highest BCUT2D eigenvalue weighted by atomic mass is 16.5. The number of benzene rings is 2. The number of carboxylic acids is 1. The van der Waals surface area contributed by atoms with Crippen LogP contribution >= 0.6 is 0 Å². The maximum atomic E-state index is 12.3. The molecule has 0 aromatic heterocycles. The molecule has 3 rings (SSSR count). The highest BCUT2D eigenvalue weighted by Crippen LogP contribution is 2.29. The van der Waals surface area contributed by atoms with Crippen LogP contribution in [0.3, 0.4) is 0 Å². The second kappa shape index (κ2) is 7.49. The zero-order chi connectivity index (χ0) is 17.8. The van der Waals surface area contributed by atoms with Gasteiger partial charge in [0.05, 0.1) is 25.0 Å². The Hall–Kier alpha value is -2.66. The van der Waals surface area contributed by atoms with E-state index in [1.807, 2.05) is 18.2 Å². The summed E-state index contributed by atoms with van der Waals surface area (Å²) in [7, 11) is 0. The van der Waals surface area contributed by atoms with Crippen molar-refractivity contribution in [2.45, 2.75) is 31.8 Å². The Morgan fingerprint density at radius 1 is 1.20 bits per heavy atom. The van der Waals surface area contributed by atoms with Crippen LogP contribution in [0.1, 0.15) is 42.1 Å². The molecule has 0 radical (unpaired) electrons. The van der Waals surface area contributed by atoms with Crippen LogP contribution in [-0.4, -0.2) is 23.6 Å². The number of fused-ring (bicyclic) bond motifs is 1. The van der Waals surface area contributed by atoms with Crippen LogP contribution in [0.5, 0.6) is 0 Å². The Morgan fingerprint density at radius 2 is 1.92 bits per heavy atom. The maximum absolute atomic E-state index is 12.3. The zero-order valence-corrected chi connectivity index (χ0v) is 14.1. The molecule has 0 spiro atoms. The molecule has 0 bridgehead atoms. The van der Waals surface area contributed by atoms with Crippen LogP contribution in [0.15, 0.2) is 48.5 Å². The summed E-state index contributed by atoms with van der Waals surface area (Å²) in [6.45, 7) is 2.25. The average molecular weight is 339 g/mol. The zero-order valence-electron chi connectivity index (χ0n) is 14.1. The quantitative estimate of drug-likeness (QED) is 0.874. The van der Waals surface area contributed by atoms with Crippen molar-refractivity contribution in [1.82, 2.24) is 0 Å². The van der Waals surface area contributed by atoms with E-state index in [0.717, 1.165) is 12.0 Å². The fourth-order valence-electron chi connectivity index (χ4n) is 3.02. The molecule has 0 saturated heterocycles. The van der Waals surface area contributed by atoms with E-state index in [-0.39, 0.29) is 18.4 Å². The maximum Gasteiger partial charge on any atom is 0.310 e. The number of carbonyl (C=O) groups excluding carboxylic acids is 1. The number of anilines is 1. The molecule has 2 aromatic carbocycles. The van der Waals surface area contributed by atoms with Gasteiger partial charge in [-0.2, -0.15) is 0 Å². The molecule has 130 valence electrons. The number of nitrogens with one attached hydrogen (secondary N) is 1. The molecule has 0 fully saturated rings. The first-order valence-corrected chi connectivity index (χ1v) is 8.36. The van der Waals surface area contributed by atoms with E-state index in [0.29, 0.717) is 17.9 Å². The van der Waals surface area contributed by atoms with E-state index >= 15 is 0 Å². The minimum absolute atomic E-state index is 0.124. The van der Waals surface area contributed by atoms with E-state index in [1.165, 1.54) is 5.56 Å². The SMILES string of the molecule is CC(C(=O)O)c1ccc(NC(=O)CC2OCCc3ccccc32)cc1. The summed E-state index contributed by atoms with van der Waals surface area (Å²) in [5.41, 5.74) is 3.67. The van der Waals surface area contributed by atoms with Crippen molar-refractivity contribution in [1.29, 1.82) is 0 Å². The van der Waals surface area contributed by atoms with Crippen molar-refractivity contribution >= 4 is 17.6 Å². The molecule has 1 heterocycles. The minimum Gasteiger partial charge on any atom is -0.481 e. The van der Waals surface area contributed by atoms with Gasteiger partial charge in [0, 0.05) is 5.69 Å². The fourth-order valence-corrected chi connectivity index (χ4v) is 3.02. The van der Waals surface area contributed by atoms with Crippen LogP contribution in [0, 0.1) is 0 Å². The Morgan fingerprint density at radius 3 is 2.64 bits per heavy atom. The van der Waals surface area contributed by atoms with Gasteiger partial charge in [-0.3, -0.25) is 9.59 Å². The minimum atomic E-state index is -0.870. The van der Waals surface area contributed by atoms with Crippen LogP contribution in [-0.2, 0) is 20.7 Å². The Bertz CT molecular complexity index is 770. The topological polar surface area (TPSA) is 75.6 Å². The van der Waals surface area contributed by atoms with Gasteiger partial charge in [0.2, 0.25) is 5.91 Å². The van der Waals surface area contributed by atoms with Gasteiger partial charge in [-0.1, -0.05) is 36.4 Å². The van der Waals surface area contributed by atoms with Crippen molar-refractivity contribution in [2.75, 3.05) is 11.9 Å². The van der Waals surface area contributed by atoms with Gasteiger partial charge >= 0.3 is 5.97 Å². The summed E-state index contributed by atoms with van der Waals surface area (Å²) < 4.78 is 5.76. The smallest absolute Gasteiger partial charge is 0.310 e. The molecule has 2 aromatic rings. The lowest BCUT2D eigenvalue weighted by Crippen LogP contribution is -2.22. The number of aliphatic carboxylic acids is 1. The molecule has 2 N–H and O–H groups in total. The van der Waals surface area contributed by atoms with Crippen molar-refractivity contribution in [3.05, 3.63) is 65.2 Å². The molecule has 1 aliphatic rings. The Kier molecular flexibility index (Phi) is 5.14. The normalized spacial score (nSPS) is 17.4. The molecule has 1 aliphatic heterocycles. The number of amides is 1. The summed E-state index contributed by atoms with van der Waals surface area (Å²) in [4.78, 5) is 23.3. The summed E-state index contributed by atoms with van der Waals surface area (Å²) in [6, 6.07) is 14.9. The third-order valence-corrected chi connectivity index (χ3v) is 4.53. The predicted octanol–water partition coefficient (Wildman–Crippen LogP) is 3.52. The highest BCUT2D eigenvalue weighted by Gasteiger charge is 2.23. The van der Waals surface area contributed by atoms with Gasteiger partial charge in [-0.25, -0.2) is 0 Å². The largest absolute Gasteiger partial charge is 0.481 e. The fraction of sp³-hybridized carbons (Fsp3) is 0.300. The lowest BCUT2D eigenvalue weighted by Gasteiger charge is -2.25. The Labute approximate surface area is 146 Å². The van der Waals surface area contributed by atoms with Crippen molar-refractivity contribution in [2.24, 2.45) is 0 Å². The molecule has 25 heavy (non-hydrogen) atoms. The van der Waals surface area contributed by atoms with E-state index in [9.17, 15) is 9.59 Å². The number of ether oxygens (including phenoxy) is 1. The van der Waals surface area contributed by atoms with Gasteiger partial charge in [0.25, 0.3) is 0 Å². The van der Waals surface area contributed by atoms with Crippen molar-refractivity contribution in [3.63, 3.8) is 0 Å². The first kappa shape index (κ1) is 17.2. The van der Waals surface area contributed by atoms with E-state index < -0.39 is 11.9 Å². The van der Waals surface area contributed by atoms with Crippen LogP contribution in [0.25, 0.3) is 0 Å². The third kappa shape index (κ3) is 4.06. The van der Waals surface area contributed by atoms with Gasteiger partial charge in [0.15, 0.2) is 0 Å². The van der Waals surface area contributed by atoms with Crippen LogP contribution in [0.2, 0.25) is 0 Å². The van der Waals surface area contributed by atoms with Crippen molar-refractivity contribution < 1.29 is 19.4 Å². The summed E-state index contributed by atoms with van der Waals surface area (Å²) in [5, 5.41) is 11.9. The van der Waals surface area contributed by atoms with Gasteiger partial charge in [-0.15, -0.1) is 0 Å². The summed E-state index contributed by atoms with van der Waals surface area (Å²) in [6.07, 6.45) is 0.901. The predicted molar refractivity (Wildman–Crippen MR) is 94.6 cm³/mol. The third-order valence-electron chi connectivity index (χ3n) is 4.53.